The maximum atomic E-state index is 2.43. The monoisotopic (exact) mass is 242 g/mol. The third-order valence-corrected chi connectivity index (χ3v) is 5.42. The fourth-order valence-electron chi connectivity index (χ4n) is 2.54. The summed E-state index contributed by atoms with van der Waals surface area (Å²) in [4.78, 5) is 0. The van der Waals surface area contributed by atoms with Crippen molar-refractivity contribution in [1.29, 1.82) is 0 Å². The second kappa shape index (κ2) is 5.80. The molecule has 0 amide bonds. The number of thioether (sulfide) groups is 1. The minimum absolute atomic E-state index is 0.501. The molecule has 16 heavy (non-hydrogen) atoms. The lowest BCUT2D eigenvalue weighted by molar-refractivity contribution is 0.277. The van der Waals surface area contributed by atoms with Crippen LogP contribution >= 0.6 is 11.8 Å². The van der Waals surface area contributed by atoms with E-state index < -0.39 is 0 Å². The molecule has 0 aromatic rings. The second-order valence-electron chi connectivity index (χ2n) is 7.18. The first-order valence-corrected chi connectivity index (χ1v) is 7.96. The van der Waals surface area contributed by atoms with Gasteiger partial charge in [-0.05, 0) is 48.2 Å². The van der Waals surface area contributed by atoms with Gasteiger partial charge in [0.25, 0.3) is 0 Å². The first-order valence-electron chi connectivity index (χ1n) is 6.91. The largest absolute Gasteiger partial charge is 0.158 e. The zero-order valence-corrected chi connectivity index (χ0v) is 12.9. The van der Waals surface area contributed by atoms with E-state index in [9.17, 15) is 0 Å². The molecule has 0 aromatic heterocycles. The smallest absolute Gasteiger partial charge is 0.00806 e. The Balaban J connectivity index is 2.46. The first kappa shape index (κ1) is 14.4. The number of hydrogen-bond donors (Lipinski definition) is 0. The van der Waals surface area contributed by atoms with E-state index in [0.717, 1.165) is 23.0 Å². The van der Waals surface area contributed by atoms with Gasteiger partial charge in [0, 0.05) is 5.25 Å². The van der Waals surface area contributed by atoms with Crippen molar-refractivity contribution in [3.63, 3.8) is 0 Å². The number of rotatable bonds is 4. The summed E-state index contributed by atoms with van der Waals surface area (Å²) in [7, 11) is 0. The zero-order chi connectivity index (χ0) is 12.3. The molecular formula is C15H30S. The van der Waals surface area contributed by atoms with Crippen molar-refractivity contribution < 1.29 is 0 Å². The summed E-state index contributed by atoms with van der Waals surface area (Å²) in [5, 5.41) is 0.932. The maximum Gasteiger partial charge on any atom is 0.00806 e. The third kappa shape index (κ3) is 4.69. The Hall–Kier alpha value is 0.350. The molecule has 0 spiro atoms. The minimum atomic E-state index is 0.501. The average Bonchev–Trinajstić information content (AvgIpc) is 2.49. The van der Waals surface area contributed by atoms with Crippen molar-refractivity contribution in [3.8, 4) is 0 Å². The van der Waals surface area contributed by atoms with Crippen LogP contribution in [0.1, 0.15) is 60.8 Å². The van der Waals surface area contributed by atoms with Crippen molar-refractivity contribution >= 4 is 11.8 Å². The molecule has 0 bridgehead atoms. The van der Waals surface area contributed by atoms with E-state index in [1.165, 1.54) is 25.0 Å². The van der Waals surface area contributed by atoms with Gasteiger partial charge in [-0.15, -0.1) is 0 Å². The molecule has 1 fully saturated rings. The molecule has 1 unspecified atom stereocenters. The first-order chi connectivity index (χ1) is 7.29. The van der Waals surface area contributed by atoms with E-state index in [2.05, 4.69) is 53.3 Å². The highest BCUT2D eigenvalue weighted by atomic mass is 32.2. The van der Waals surface area contributed by atoms with Gasteiger partial charge in [0.1, 0.15) is 0 Å². The molecule has 0 radical (unpaired) electrons. The van der Waals surface area contributed by atoms with Crippen molar-refractivity contribution in [3.05, 3.63) is 0 Å². The quantitative estimate of drug-likeness (QED) is 0.651. The Bertz CT molecular complexity index is 202. The van der Waals surface area contributed by atoms with E-state index in [4.69, 9.17) is 0 Å². The van der Waals surface area contributed by atoms with Crippen LogP contribution in [0.5, 0.6) is 0 Å². The van der Waals surface area contributed by atoms with Gasteiger partial charge in [0.2, 0.25) is 0 Å². The van der Waals surface area contributed by atoms with Gasteiger partial charge < -0.3 is 0 Å². The predicted octanol–water partition coefficient (Wildman–Crippen LogP) is 5.23. The standard InChI is InChI=1S/C15H30S/c1-11(2)12(3)9-13-7-8-16-14(13)10-15(4,5)6/h11-14H,7-10H2,1-6H3/t12?,13-,14-/m0/s1. The van der Waals surface area contributed by atoms with Crippen molar-refractivity contribution in [2.24, 2.45) is 23.2 Å². The molecule has 96 valence electrons. The molecule has 1 aliphatic heterocycles. The molecule has 0 nitrogen and oxygen atoms in total. The van der Waals surface area contributed by atoms with Gasteiger partial charge in [0.15, 0.2) is 0 Å². The highest BCUT2D eigenvalue weighted by Crippen LogP contribution is 2.42. The van der Waals surface area contributed by atoms with Crippen molar-refractivity contribution in [2.45, 2.75) is 66.1 Å². The molecule has 1 heteroatoms. The van der Waals surface area contributed by atoms with Gasteiger partial charge in [-0.1, -0.05) is 41.5 Å². The summed E-state index contributed by atoms with van der Waals surface area (Å²) in [6, 6.07) is 0. The van der Waals surface area contributed by atoms with Gasteiger partial charge in [-0.2, -0.15) is 11.8 Å². The molecule has 0 saturated carbocycles. The molecule has 3 atom stereocenters. The highest BCUT2D eigenvalue weighted by molar-refractivity contribution is 8.00. The lowest BCUT2D eigenvalue weighted by Crippen LogP contribution is -2.22. The molecule has 1 saturated heterocycles. The summed E-state index contributed by atoms with van der Waals surface area (Å²) in [6.45, 7) is 14.3. The lowest BCUT2D eigenvalue weighted by Gasteiger charge is -2.29. The highest BCUT2D eigenvalue weighted by Gasteiger charge is 2.32. The van der Waals surface area contributed by atoms with E-state index in [1.807, 2.05) is 0 Å². The van der Waals surface area contributed by atoms with Crippen LogP contribution < -0.4 is 0 Å². The Morgan fingerprint density at radius 1 is 1.19 bits per heavy atom. The van der Waals surface area contributed by atoms with Crippen molar-refractivity contribution in [2.75, 3.05) is 5.75 Å². The van der Waals surface area contributed by atoms with Crippen LogP contribution in [0.3, 0.4) is 0 Å². The Kier molecular flexibility index (Phi) is 5.22. The van der Waals surface area contributed by atoms with Gasteiger partial charge in [-0.25, -0.2) is 0 Å². The Morgan fingerprint density at radius 3 is 2.31 bits per heavy atom. The fraction of sp³-hybridized carbons (Fsp3) is 1.00. The van der Waals surface area contributed by atoms with Crippen molar-refractivity contribution in [1.82, 2.24) is 0 Å². The normalized spacial score (nSPS) is 28.7. The average molecular weight is 242 g/mol. The van der Waals surface area contributed by atoms with Crippen LogP contribution in [0.25, 0.3) is 0 Å². The summed E-state index contributed by atoms with van der Waals surface area (Å²) >= 11 is 2.23. The summed E-state index contributed by atoms with van der Waals surface area (Å²) in [6.07, 6.45) is 4.31. The predicted molar refractivity (Wildman–Crippen MR) is 77.0 cm³/mol. The second-order valence-corrected chi connectivity index (χ2v) is 8.53. The minimum Gasteiger partial charge on any atom is -0.158 e. The molecule has 1 heterocycles. The summed E-state index contributed by atoms with van der Waals surface area (Å²) in [5.41, 5.74) is 0.501. The lowest BCUT2D eigenvalue weighted by atomic mass is 9.80. The number of hydrogen-bond acceptors (Lipinski definition) is 1. The summed E-state index contributed by atoms with van der Waals surface area (Å²) in [5.74, 6) is 4.13. The zero-order valence-electron chi connectivity index (χ0n) is 12.0. The third-order valence-electron chi connectivity index (χ3n) is 3.97. The Labute approximate surface area is 107 Å². The van der Waals surface area contributed by atoms with E-state index >= 15 is 0 Å². The van der Waals surface area contributed by atoms with Gasteiger partial charge >= 0.3 is 0 Å². The molecule has 0 aliphatic carbocycles. The molecular weight excluding hydrogens is 212 g/mol. The van der Waals surface area contributed by atoms with E-state index in [0.29, 0.717) is 5.41 Å². The van der Waals surface area contributed by atoms with Crippen LogP contribution in [0.15, 0.2) is 0 Å². The molecule has 0 N–H and O–H groups in total. The topological polar surface area (TPSA) is 0 Å². The van der Waals surface area contributed by atoms with Crippen LogP contribution in [-0.4, -0.2) is 11.0 Å². The van der Waals surface area contributed by atoms with Crippen LogP contribution in [0, 0.1) is 23.2 Å². The molecule has 0 aromatic carbocycles. The molecule has 1 rings (SSSR count). The SMILES string of the molecule is CC(C)C(C)C[C@@H]1CCS[C@H]1CC(C)(C)C. The fourth-order valence-corrected chi connectivity index (χ4v) is 4.42. The van der Waals surface area contributed by atoms with Gasteiger partial charge in [0.05, 0.1) is 0 Å². The van der Waals surface area contributed by atoms with Gasteiger partial charge in [-0.3, -0.25) is 0 Å². The van der Waals surface area contributed by atoms with Crippen LogP contribution in [0.4, 0.5) is 0 Å². The van der Waals surface area contributed by atoms with Crippen LogP contribution in [-0.2, 0) is 0 Å². The Morgan fingerprint density at radius 2 is 1.81 bits per heavy atom. The maximum absolute atomic E-state index is 2.43. The van der Waals surface area contributed by atoms with E-state index in [-0.39, 0.29) is 0 Å². The van der Waals surface area contributed by atoms with E-state index in [1.54, 1.807) is 0 Å². The summed E-state index contributed by atoms with van der Waals surface area (Å²) < 4.78 is 0. The van der Waals surface area contributed by atoms with Crippen LogP contribution in [0.2, 0.25) is 0 Å². The molecule has 1 aliphatic rings.